The van der Waals surface area contributed by atoms with Crippen LogP contribution in [0.1, 0.15) is 31.4 Å². The second kappa shape index (κ2) is 11.1. The highest BCUT2D eigenvalue weighted by Gasteiger charge is 2.31. The Morgan fingerprint density at radius 3 is 2.76 bits per heavy atom. The molecule has 10 heteroatoms. The summed E-state index contributed by atoms with van der Waals surface area (Å²) in [5, 5.41) is 3.07. The number of hydrogen-bond donors (Lipinski definition) is 2. The summed E-state index contributed by atoms with van der Waals surface area (Å²) >= 11 is 0. The molecule has 3 N–H and O–H groups in total. The third-order valence-electron chi connectivity index (χ3n) is 5.65. The molecule has 8 nitrogen and oxygen atoms in total. The number of rotatable bonds is 4. The van der Waals surface area contributed by atoms with Gasteiger partial charge in [0, 0.05) is 57.0 Å². The number of carbonyl (C=O) groups excluding carboxylic acids is 1. The van der Waals surface area contributed by atoms with Crippen LogP contribution in [0, 0.1) is 5.92 Å². The molecular weight excluding hydrogens is 415 g/mol. The van der Waals surface area contributed by atoms with Crippen molar-refractivity contribution in [1.82, 2.24) is 24.6 Å². The molecule has 0 saturated carbocycles. The Kier molecular flexibility index (Phi) is 9.10. The van der Waals surface area contributed by atoms with Crippen LogP contribution in [-0.2, 0) is 16.1 Å². The molecule has 2 aromatic rings. The van der Waals surface area contributed by atoms with E-state index in [2.05, 4.69) is 20.2 Å². The summed E-state index contributed by atoms with van der Waals surface area (Å²) in [5.74, 6) is 0.0661. The van der Waals surface area contributed by atoms with Crippen LogP contribution in [-0.4, -0.2) is 63.6 Å². The molecule has 29 heavy (non-hydrogen) atoms. The average Bonchev–Trinajstić information content (AvgIpc) is 3.01. The average molecular weight is 445 g/mol. The van der Waals surface area contributed by atoms with Crippen molar-refractivity contribution in [3.8, 4) is 0 Å². The minimum Gasteiger partial charge on any atom is -0.381 e. The molecule has 4 rings (SSSR count). The molecule has 4 heterocycles. The Bertz CT molecular complexity index is 750. The highest BCUT2D eigenvalue weighted by atomic mass is 35.5. The zero-order chi connectivity index (χ0) is 18.6. The summed E-state index contributed by atoms with van der Waals surface area (Å²) in [7, 11) is 0. The molecule has 0 bridgehead atoms. The van der Waals surface area contributed by atoms with Gasteiger partial charge in [-0.05, 0) is 25.7 Å². The van der Waals surface area contributed by atoms with E-state index in [9.17, 15) is 4.79 Å². The summed E-state index contributed by atoms with van der Waals surface area (Å²) in [6.07, 6.45) is 11.0. The zero-order valence-electron chi connectivity index (χ0n) is 16.4. The fourth-order valence-electron chi connectivity index (χ4n) is 4.12. The number of amides is 1. The lowest BCUT2D eigenvalue weighted by molar-refractivity contribution is -0.126. The van der Waals surface area contributed by atoms with Gasteiger partial charge in [0.05, 0.1) is 24.4 Å². The van der Waals surface area contributed by atoms with Gasteiger partial charge in [-0.3, -0.25) is 14.7 Å². The zero-order valence-corrected chi connectivity index (χ0v) is 18.0. The van der Waals surface area contributed by atoms with Crippen LogP contribution in [0.2, 0.25) is 0 Å². The van der Waals surface area contributed by atoms with Crippen LogP contribution in [0.25, 0.3) is 5.65 Å². The maximum Gasteiger partial charge on any atom is 0.224 e. The van der Waals surface area contributed by atoms with Crippen molar-refractivity contribution in [2.24, 2.45) is 11.7 Å². The smallest absolute Gasteiger partial charge is 0.224 e. The van der Waals surface area contributed by atoms with Crippen LogP contribution < -0.4 is 11.1 Å². The largest absolute Gasteiger partial charge is 0.381 e. The topological polar surface area (TPSA) is 97.8 Å². The highest BCUT2D eigenvalue weighted by Crippen LogP contribution is 2.22. The highest BCUT2D eigenvalue weighted by molar-refractivity contribution is 5.85. The number of nitrogens with one attached hydrogen (secondary N) is 1. The number of aromatic nitrogens is 3. The number of imidazole rings is 1. The summed E-state index contributed by atoms with van der Waals surface area (Å²) in [6.45, 7) is 3.68. The third-order valence-corrected chi connectivity index (χ3v) is 5.65. The van der Waals surface area contributed by atoms with Gasteiger partial charge in [0.25, 0.3) is 0 Å². The molecular formula is C19H30Cl2N6O2. The first-order valence-corrected chi connectivity index (χ1v) is 9.82. The number of nitrogens with zero attached hydrogens (tertiary/aromatic N) is 4. The van der Waals surface area contributed by atoms with Gasteiger partial charge in [-0.15, -0.1) is 24.8 Å². The molecule has 2 atom stereocenters. The van der Waals surface area contributed by atoms with Gasteiger partial charge in [0.2, 0.25) is 5.91 Å². The lowest BCUT2D eigenvalue weighted by Gasteiger charge is -2.35. The number of carbonyl (C=O) groups is 1. The molecule has 0 spiro atoms. The van der Waals surface area contributed by atoms with Crippen LogP contribution in [0.4, 0.5) is 0 Å². The Hall–Kier alpha value is -1.45. The molecule has 2 fully saturated rings. The Labute approximate surface area is 183 Å². The standard InChI is InChI=1S/C19H28N6O2.2ClH/c20-15-2-1-14(11-25(12-15)17-3-7-27-8-4-17)19(26)22-9-16-13-24-6-5-21-10-18(24)23-16;;/h5-6,10,13-15,17H,1-4,7-9,11-12,20H2,(H,22,26);2*1H/t14-,15+;;/m1../s1. The number of halogens is 2. The van der Waals surface area contributed by atoms with Crippen molar-refractivity contribution in [2.75, 3.05) is 26.3 Å². The number of hydrogen-bond acceptors (Lipinski definition) is 6. The van der Waals surface area contributed by atoms with Gasteiger partial charge in [0.15, 0.2) is 5.65 Å². The quantitative estimate of drug-likeness (QED) is 0.739. The van der Waals surface area contributed by atoms with E-state index in [1.54, 1.807) is 12.4 Å². The summed E-state index contributed by atoms with van der Waals surface area (Å²) in [6, 6.07) is 0.612. The molecule has 2 aliphatic heterocycles. The van der Waals surface area contributed by atoms with Crippen molar-refractivity contribution in [3.05, 3.63) is 30.5 Å². The Balaban J connectivity index is 0.00000150. The van der Waals surface area contributed by atoms with Crippen molar-refractivity contribution in [2.45, 2.75) is 44.3 Å². The normalized spacial score (nSPS) is 23.6. The van der Waals surface area contributed by atoms with Crippen LogP contribution >= 0.6 is 24.8 Å². The molecule has 2 saturated heterocycles. The lowest BCUT2D eigenvalue weighted by atomic mass is 10.0. The first-order chi connectivity index (χ1) is 13.2. The van der Waals surface area contributed by atoms with Gasteiger partial charge in [-0.2, -0.15) is 0 Å². The first-order valence-electron chi connectivity index (χ1n) is 9.82. The van der Waals surface area contributed by atoms with E-state index in [0.29, 0.717) is 12.6 Å². The lowest BCUT2D eigenvalue weighted by Crippen LogP contribution is -2.47. The maximum absolute atomic E-state index is 12.8. The van der Waals surface area contributed by atoms with Gasteiger partial charge < -0.3 is 20.2 Å². The minimum atomic E-state index is -0.0277. The van der Waals surface area contributed by atoms with Gasteiger partial charge in [0.1, 0.15) is 0 Å². The third kappa shape index (κ3) is 6.02. The Morgan fingerprint density at radius 1 is 1.21 bits per heavy atom. The van der Waals surface area contributed by atoms with E-state index in [-0.39, 0.29) is 42.7 Å². The van der Waals surface area contributed by atoms with E-state index in [1.165, 1.54) is 0 Å². The summed E-state index contributed by atoms with van der Waals surface area (Å²) in [5.41, 5.74) is 7.90. The van der Waals surface area contributed by atoms with Crippen molar-refractivity contribution < 1.29 is 9.53 Å². The van der Waals surface area contributed by atoms with Crippen LogP contribution in [0.5, 0.6) is 0 Å². The Morgan fingerprint density at radius 2 is 2.00 bits per heavy atom. The molecule has 0 radical (unpaired) electrons. The second-order valence-electron chi connectivity index (χ2n) is 7.62. The SMILES string of the molecule is Cl.Cl.N[C@H]1CC[C@@H](C(=O)NCc2cn3ccncc3n2)CN(C2CCOCC2)C1. The molecule has 0 aliphatic carbocycles. The molecule has 2 aromatic heterocycles. The fraction of sp³-hybridized carbons (Fsp3) is 0.632. The van der Waals surface area contributed by atoms with E-state index >= 15 is 0 Å². The van der Waals surface area contributed by atoms with Crippen molar-refractivity contribution in [3.63, 3.8) is 0 Å². The summed E-state index contributed by atoms with van der Waals surface area (Å²) in [4.78, 5) is 23.8. The predicted molar refractivity (Wildman–Crippen MR) is 115 cm³/mol. The molecule has 162 valence electrons. The second-order valence-corrected chi connectivity index (χ2v) is 7.62. The molecule has 1 amide bonds. The molecule has 0 unspecified atom stereocenters. The molecule has 2 aliphatic rings. The van der Waals surface area contributed by atoms with Crippen molar-refractivity contribution >= 4 is 36.4 Å². The monoisotopic (exact) mass is 444 g/mol. The van der Waals surface area contributed by atoms with E-state index < -0.39 is 0 Å². The van der Waals surface area contributed by atoms with E-state index in [0.717, 1.165) is 63.3 Å². The van der Waals surface area contributed by atoms with Crippen LogP contribution in [0.3, 0.4) is 0 Å². The minimum absolute atomic E-state index is 0. The first kappa shape index (κ1) is 23.8. The van der Waals surface area contributed by atoms with Gasteiger partial charge in [-0.25, -0.2) is 4.98 Å². The number of nitrogens with two attached hydrogens (primary N) is 1. The van der Waals surface area contributed by atoms with Gasteiger partial charge >= 0.3 is 0 Å². The number of ether oxygens (including phenoxy) is 1. The fourth-order valence-corrected chi connectivity index (χ4v) is 4.12. The summed E-state index contributed by atoms with van der Waals surface area (Å²) < 4.78 is 7.39. The van der Waals surface area contributed by atoms with E-state index in [1.807, 2.05) is 16.8 Å². The molecule has 0 aromatic carbocycles. The number of likely N-dealkylation sites (tertiary alicyclic amines) is 1. The van der Waals surface area contributed by atoms with Crippen molar-refractivity contribution in [1.29, 1.82) is 0 Å². The predicted octanol–water partition coefficient (Wildman–Crippen LogP) is 1.41. The maximum atomic E-state index is 12.8. The van der Waals surface area contributed by atoms with Gasteiger partial charge in [-0.1, -0.05) is 0 Å². The van der Waals surface area contributed by atoms with E-state index in [4.69, 9.17) is 10.5 Å². The van der Waals surface area contributed by atoms with Crippen LogP contribution in [0.15, 0.2) is 24.8 Å². The number of fused-ring (bicyclic) bond motifs is 1.